The second-order valence-corrected chi connectivity index (χ2v) is 10.3. The maximum Gasteiger partial charge on any atom is 0.243 e. The Morgan fingerprint density at radius 3 is 2.25 bits per heavy atom. The third-order valence-electron chi connectivity index (χ3n) is 5.77. The predicted molar refractivity (Wildman–Crippen MR) is 147 cm³/mol. The number of amides is 2. The van der Waals surface area contributed by atoms with E-state index in [-0.39, 0.29) is 11.8 Å². The van der Waals surface area contributed by atoms with E-state index >= 15 is 0 Å². The van der Waals surface area contributed by atoms with Crippen LogP contribution >= 0.6 is 11.8 Å². The summed E-state index contributed by atoms with van der Waals surface area (Å²) >= 11 is 1.65. The molecule has 0 spiro atoms. The van der Waals surface area contributed by atoms with Crippen LogP contribution in [-0.4, -0.2) is 42.2 Å². The molecule has 1 unspecified atom stereocenters. The van der Waals surface area contributed by atoms with Crippen molar-refractivity contribution in [2.75, 3.05) is 19.4 Å². The van der Waals surface area contributed by atoms with Gasteiger partial charge in [0.05, 0.1) is 7.11 Å². The van der Waals surface area contributed by atoms with Gasteiger partial charge in [-0.15, -0.1) is 11.8 Å². The molecular weight excluding hydrogens is 468 g/mol. The third kappa shape index (κ3) is 8.76. The summed E-state index contributed by atoms with van der Waals surface area (Å²) in [5.41, 5.74) is 1.94. The average Bonchev–Trinajstić information content (AvgIpc) is 2.90. The number of carbonyl (C=O) groups excluding carboxylic acids is 2. The first-order chi connectivity index (χ1) is 17.5. The van der Waals surface area contributed by atoms with Crippen LogP contribution in [0.3, 0.4) is 0 Å². The van der Waals surface area contributed by atoms with Crippen LogP contribution in [0.5, 0.6) is 5.75 Å². The highest BCUT2D eigenvalue weighted by atomic mass is 32.2. The van der Waals surface area contributed by atoms with Gasteiger partial charge >= 0.3 is 0 Å². The Morgan fingerprint density at radius 2 is 1.58 bits per heavy atom. The van der Waals surface area contributed by atoms with Gasteiger partial charge in [-0.25, -0.2) is 0 Å². The molecule has 0 saturated carbocycles. The van der Waals surface area contributed by atoms with Crippen LogP contribution in [-0.2, 0) is 22.6 Å². The highest BCUT2D eigenvalue weighted by molar-refractivity contribution is 7.99. The summed E-state index contributed by atoms with van der Waals surface area (Å²) in [6.07, 6.45) is 0.790. The molecule has 36 heavy (non-hydrogen) atoms. The van der Waals surface area contributed by atoms with Crippen LogP contribution in [0.25, 0.3) is 0 Å². The second-order valence-electron chi connectivity index (χ2n) is 9.13. The molecule has 190 valence electrons. The molecule has 2 amide bonds. The van der Waals surface area contributed by atoms with Gasteiger partial charge in [-0.2, -0.15) is 0 Å². The minimum absolute atomic E-state index is 0.0399. The summed E-state index contributed by atoms with van der Waals surface area (Å²) in [4.78, 5) is 30.0. The number of rotatable bonds is 13. The Kier molecular flexibility index (Phi) is 10.9. The number of methoxy groups -OCH3 is 1. The first-order valence-electron chi connectivity index (χ1n) is 12.4. The molecular formula is C30H36N2O3S. The van der Waals surface area contributed by atoms with Crippen molar-refractivity contribution >= 4 is 23.6 Å². The van der Waals surface area contributed by atoms with Gasteiger partial charge in [0.2, 0.25) is 11.8 Å². The van der Waals surface area contributed by atoms with Crippen LogP contribution in [0.4, 0.5) is 0 Å². The zero-order valence-electron chi connectivity index (χ0n) is 21.4. The number of carbonyl (C=O) groups is 2. The smallest absolute Gasteiger partial charge is 0.243 e. The largest absolute Gasteiger partial charge is 0.497 e. The third-order valence-corrected chi connectivity index (χ3v) is 6.78. The standard InChI is InChI=1S/C30H36N2O3S/c1-23(2)21-31-30(34)28(20-24-11-6-4-7-12-24)32(22-25-13-10-14-26(19-25)35-3)29(33)17-18-36-27-15-8-5-9-16-27/h4-16,19,23,28H,17-18,20-22H2,1-3H3,(H,31,34). The first-order valence-corrected chi connectivity index (χ1v) is 13.4. The number of benzene rings is 3. The van der Waals surface area contributed by atoms with Gasteiger partial charge in [-0.05, 0) is 41.3 Å². The molecule has 0 aliphatic carbocycles. The Bertz CT molecular complexity index is 1090. The lowest BCUT2D eigenvalue weighted by molar-refractivity contribution is -0.141. The monoisotopic (exact) mass is 504 g/mol. The maximum atomic E-state index is 13.7. The van der Waals surface area contributed by atoms with Crippen molar-refractivity contribution in [1.82, 2.24) is 10.2 Å². The molecule has 0 heterocycles. The number of nitrogens with one attached hydrogen (secondary N) is 1. The van der Waals surface area contributed by atoms with Crippen LogP contribution in [0.1, 0.15) is 31.4 Å². The summed E-state index contributed by atoms with van der Waals surface area (Å²) < 4.78 is 5.39. The van der Waals surface area contributed by atoms with Gasteiger partial charge in [0, 0.05) is 36.6 Å². The average molecular weight is 505 g/mol. The first kappa shape index (κ1) is 27.3. The second kappa shape index (κ2) is 14.3. The summed E-state index contributed by atoms with van der Waals surface area (Å²) in [6.45, 7) is 5.02. The van der Waals surface area contributed by atoms with Crippen LogP contribution in [0, 0.1) is 5.92 Å². The summed E-state index contributed by atoms with van der Waals surface area (Å²) in [5, 5.41) is 3.07. The van der Waals surface area contributed by atoms with Crippen LogP contribution in [0.15, 0.2) is 89.8 Å². The van der Waals surface area contributed by atoms with Crippen molar-refractivity contribution in [2.24, 2.45) is 5.92 Å². The molecule has 3 aromatic carbocycles. The Hall–Kier alpha value is -3.25. The van der Waals surface area contributed by atoms with Gasteiger partial charge in [0.15, 0.2) is 0 Å². The Morgan fingerprint density at radius 1 is 0.917 bits per heavy atom. The van der Waals surface area contributed by atoms with Crippen molar-refractivity contribution in [1.29, 1.82) is 0 Å². The van der Waals surface area contributed by atoms with E-state index in [0.29, 0.717) is 37.6 Å². The fourth-order valence-corrected chi connectivity index (χ4v) is 4.72. The highest BCUT2D eigenvalue weighted by Crippen LogP contribution is 2.22. The van der Waals surface area contributed by atoms with Crippen LogP contribution < -0.4 is 10.1 Å². The van der Waals surface area contributed by atoms with Crippen molar-refractivity contribution in [3.63, 3.8) is 0 Å². The minimum atomic E-state index is -0.619. The number of thioether (sulfide) groups is 1. The van der Waals surface area contributed by atoms with Gasteiger partial charge in [0.25, 0.3) is 0 Å². The quantitative estimate of drug-likeness (QED) is 0.308. The van der Waals surface area contributed by atoms with Gasteiger partial charge < -0.3 is 15.0 Å². The molecule has 6 heteroatoms. The van der Waals surface area contributed by atoms with Gasteiger partial charge in [0.1, 0.15) is 11.8 Å². The molecule has 3 aromatic rings. The lowest BCUT2D eigenvalue weighted by Gasteiger charge is -2.32. The fraction of sp³-hybridized carbons (Fsp3) is 0.333. The SMILES string of the molecule is COc1cccc(CN(C(=O)CCSc2ccccc2)C(Cc2ccccc2)C(=O)NCC(C)C)c1. The van der Waals surface area contributed by atoms with Gasteiger partial charge in [-0.3, -0.25) is 9.59 Å². The van der Waals surface area contributed by atoms with Gasteiger partial charge in [-0.1, -0.05) is 74.5 Å². The molecule has 0 saturated heterocycles. The van der Waals surface area contributed by atoms with E-state index in [1.54, 1.807) is 23.8 Å². The molecule has 0 aliphatic rings. The molecule has 1 atom stereocenters. The molecule has 5 nitrogen and oxygen atoms in total. The van der Waals surface area contributed by atoms with E-state index in [1.807, 2.05) is 84.9 Å². The summed E-state index contributed by atoms with van der Waals surface area (Å²) in [7, 11) is 1.63. The number of ether oxygens (including phenoxy) is 1. The normalized spacial score (nSPS) is 11.7. The maximum absolute atomic E-state index is 13.7. The van der Waals surface area contributed by atoms with Crippen LogP contribution in [0.2, 0.25) is 0 Å². The van der Waals surface area contributed by atoms with E-state index in [1.165, 1.54) is 0 Å². The molecule has 1 N–H and O–H groups in total. The Balaban J connectivity index is 1.86. The zero-order valence-corrected chi connectivity index (χ0v) is 22.2. The zero-order chi connectivity index (χ0) is 25.8. The Labute approximate surface area is 219 Å². The summed E-state index contributed by atoms with van der Waals surface area (Å²) in [5.74, 6) is 1.52. The molecule has 0 radical (unpaired) electrons. The molecule has 0 aromatic heterocycles. The number of hydrogen-bond donors (Lipinski definition) is 1. The molecule has 0 aliphatic heterocycles. The fourth-order valence-electron chi connectivity index (χ4n) is 3.86. The van der Waals surface area contributed by atoms with E-state index in [4.69, 9.17) is 4.74 Å². The van der Waals surface area contributed by atoms with Crippen molar-refractivity contribution in [3.05, 3.63) is 96.1 Å². The van der Waals surface area contributed by atoms with Crippen molar-refractivity contribution in [3.8, 4) is 5.75 Å². The minimum Gasteiger partial charge on any atom is -0.497 e. The topological polar surface area (TPSA) is 58.6 Å². The van der Waals surface area contributed by atoms with Crippen molar-refractivity contribution < 1.29 is 14.3 Å². The number of nitrogens with zero attached hydrogens (tertiary/aromatic N) is 1. The summed E-state index contributed by atoms with van der Waals surface area (Å²) in [6, 6.07) is 27.0. The van der Waals surface area contributed by atoms with E-state index in [9.17, 15) is 9.59 Å². The van der Waals surface area contributed by atoms with E-state index in [0.717, 1.165) is 21.8 Å². The lowest BCUT2D eigenvalue weighted by Crippen LogP contribution is -2.51. The highest BCUT2D eigenvalue weighted by Gasteiger charge is 2.30. The van der Waals surface area contributed by atoms with E-state index in [2.05, 4.69) is 19.2 Å². The van der Waals surface area contributed by atoms with Crippen molar-refractivity contribution in [2.45, 2.75) is 44.2 Å². The molecule has 0 bridgehead atoms. The lowest BCUT2D eigenvalue weighted by atomic mass is 10.0. The number of hydrogen-bond acceptors (Lipinski definition) is 4. The predicted octanol–water partition coefficient (Wildman–Crippen LogP) is 5.59. The molecule has 3 rings (SSSR count). The van der Waals surface area contributed by atoms with E-state index < -0.39 is 6.04 Å². The molecule has 0 fully saturated rings.